The van der Waals surface area contributed by atoms with Crippen molar-refractivity contribution in [2.45, 2.75) is 77.4 Å². The van der Waals surface area contributed by atoms with Crippen molar-refractivity contribution in [3.8, 4) is 0 Å². The smallest absolute Gasteiger partial charge is 0.407 e. The summed E-state index contributed by atoms with van der Waals surface area (Å²) >= 11 is 0. The van der Waals surface area contributed by atoms with Crippen molar-refractivity contribution in [2.75, 3.05) is 24.6 Å². The Morgan fingerprint density at radius 1 is 1.23 bits per heavy atom. The summed E-state index contributed by atoms with van der Waals surface area (Å²) in [6.45, 7) is 6.75. The number of ether oxygens (including phenoxy) is 3. The second-order valence-corrected chi connectivity index (χ2v) is 11.2. The molecule has 39 heavy (non-hydrogen) atoms. The molecule has 2 aliphatic carbocycles. The van der Waals surface area contributed by atoms with Gasteiger partial charge in [0.05, 0.1) is 35.5 Å². The number of hydrogen-bond donors (Lipinski definition) is 2. The van der Waals surface area contributed by atoms with Crippen molar-refractivity contribution < 1.29 is 41.8 Å². The molecule has 1 spiro atoms. The molecule has 1 heterocycles. The van der Waals surface area contributed by atoms with Gasteiger partial charge in [0.15, 0.2) is 6.29 Å². The van der Waals surface area contributed by atoms with Crippen LogP contribution in [0.2, 0.25) is 0 Å². The normalized spacial score (nSPS) is 23.3. The number of hydrogen-bond acceptors (Lipinski definition) is 8. The highest BCUT2D eigenvalue weighted by atomic mass is 19.1. The lowest BCUT2D eigenvalue weighted by Gasteiger charge is -2.25. The van der Waals surface area contributed by atoms with Crippen LogP contribution in [0.4, 0.5) is 23.7 Å². The van der Waals surface area contributed by atoms with Gasteiger partial charge in [-0.3, -0.25) is 4.79 Å². The highest BCUT2D eigenvalue weighted by Crippen LogP contribution is 2.54. The van der Waals surface area contributed by atoms with Gasteiger partial charge in [0.2, 0.25) is 5.76 Å². The number of benzene rings is 1. The van der Waals surface area contributed by atoms with Crippen molar-refractivity contribution in [1.29, 1.82) is 0 Å². The van der Waals surface area contributed by atoms with E-state index in [0.717, 1.165) is 25.1 Å². The number of carbonyl (C=O) groups excluding carboxylic acids is 3. The minimum absolute atomic E-state index is 0.0332. The van der Waals surface area contributed by atoms with Gasteiger partial charge < -0.3 is 29.7 Å². The van der Waals surface area contributed by atoms with Crippen molar-refractivity contribution in [3.05, 3.63) is 40.8 Å². The SMILES string of the molecule is CCOC(=O)C(=CN[C@@H]1C[C@@H]1F)OCc1c(F)c(C=O)cc(F)c1N1C[C@@H](NC(=O)OC(C)(C)C)C2(CC2)C1. The number of amides is 1. The molecular formula is C27H34F3N3O6. The average Bonchev–Trinajstić information content (AvgIpc) is 3.74. The fourth-order valence-electron chi connectivity index (χ4n) is 4.74. The van der Waals surface area contributed by atoms with Crippen LogP contribution in [-0.4, -0.2) is 61.9 Å². The average molecular weight is 554 g/mol. The number of anilines is 1. The van der Waals surface area contributed by atoms with Gasteiger partial charge in [0, 0.05) is 31.1 Å². The molecule has 2 saturated carbocycles. The van der Waals surface area contributed by atoms with Crippen LogP contribution in [0.25, 0.3) is 0 Å². The van der Waals surface area contributed by atoms with Crippen LogP contribution in [0, 0.1) is 17.0 Å². The number of alkyl halides is 1. The minimum Gasteiger partial charge on any atom is -0.480 e. The molecule has 3 aliphatic rings. The zero-order valence-corrected chi connectivity index (χ0v) is 22.4. The third kappa shape index (κ3) is 6.59. The van der Waals surface area contributed by atoms with Gasteiger partial charge >= 0.3 is 12.1 Å². The zero-order chi connectivity index (χ0) is 28.5. The molecule has 2 N–H and O–H groups in total. The van der Waals surface area contributed by atoms with E-state index in [2.05, 4.69) is 10.6 Å². The van der Waals surface area contributed by atoms with Gasteiger partial charge in [0.1, 0.15) is 30.0 Å². The van der Waals surface area contributed by atoms with Gasteiger partial charge in [-0.1, -0.05) is 0 Å². The molecule has 0 radical (unpaired) electrons. The van der Waals surface area contributed by atoms with Crippen LogP contribution in [0.5, 0.6) is 0 Å². The summed E-state index contributed by atoms with van der Waals surface area (Å²) in [7, 11) is 0. The maximum atomic E-state index is 15.4. The second kappa shape index (κ2) is 11.0. The molecule has 1 amide bonds. The standard InChI is InChI=1S/C27H34F3N3O6/c1-5-37-24(35)20(10-31-19-9-17(19)28)38-13-16-22(30)15(12-34)8-18(29)23(16)33-11-21(27(14-33)6-7-27)32-25(36)39-26(2,3)4/h8,10,12,17,19,21,31H,5-7,9,11,13-14H2,1-4H3,(H,32,36)/t17-,19+,21+/m0/s1. The van der Waals surface area contributed by atoms with Crippen molar-refractivity contribution in [3.63, 3.8) is 0 Å². The summed E-state index contributed by atoms with van der Waals surface area (Å²) in [4.78, 5) is 37.9. The Morgan fingerprint density at radius 3 is 2.49 bits per heavy atom. The monoisotopic (exact) mass is 553 g/mol. The molecule has 214 valence electrons. The number of nitrogens with one attached hydrogen (secondary N) is 2. The van der Waals surface area contributed by atoms with Crippen LogP contribution >= 0.6 is 0 Å². The third-order valence-corrected chi connectivity index (χ3v) is 6.98. The van der Waals surface area contributed by atoms with Crippen LogP contribution < -0.4 is 15.5 Å². The number of aldehydes is 1. The lowest BCUT2D eigenvalue weighted by Crippen LogP contribution is -2.44. The Labute approximate surface area is 225 Å². The summed E-state index contributed by atoms with van der Waals surface area (Å²) < 4.78 is 60.1. The van der Waals surface area contributed by atoms with E-state index < -0.39 is 53.7 Å². The van der Waals surface area contributed by atoms with Gasteiger partial charge in [-0.25, -0.2) is 22.8 Å². The van der Waals surface area contributed by atoms with Crippen molar-refractivity contribution in [1.82, 2.24) is 10.6 Å². The Morgan fingerprint density at radius 2 is 1.92 bits per heavy atom. The molecule has 0 bridgehead atoms. The molecular weight excluding hydrogens is 519 g/mol. The second-order valence-electron chi connectivity index (χ2n) is 11.2. The lowest BCUT2D eigenvalue weighted by atomic mass is 10.0. The molecule has 1 aromatic rings. The molecule has 0 aromatic heterocycles. The fourth-order valence-corrected chi connectivity index (χ4v) is 4.74. The maximum Gasteiger partial charge on any atom is 0.407 e. The number of carbonyl (C=O) groups is 3. The zero-order valence-electron chi connectivity index (χ0n) is 22.4. The summed E-state index contributed by atoms with van der Waals surface area (Å²) in [5.74, 6) is -3.04. The summed E-state index contributed by atoms with van der Waals surface area (Å²) in [6.07, 6.45) is 1.52. The largest absolute Gasteiger partial charge is 0.480 e. The molecule has 0 unspecified atom stereocenters. The molecule has 1 aliphatic heterocycles. The predicted molar refractivity (Wildman–Crippen MR) is 135 cm³/mol. The van der Waals surface area contributed by atoms with E-state index >= 15 is 8.78 Å². The number of alkyl carbamates (subject to hydrolysis) is 1. The number of nitrogens with zero attached hydrogens (tertiary/aromatic N) is 1. The molecule has 3 fully saturated rings. The number of rotatable bonds is 10. The molecule has 12 heteroatoms. The molecule has 9 nitrogen and oxygen atoms in total. The van der Waals surface area contributed by atoms with Crippen molar-refractivity contribution >= 4 is 24.0 Å². The Balaban J connectivity index is 1.59. The predicted octanol–water partition coefficient (Wildman–Crippen LogP) is 3.89. The van der Waals surface area contributed by atoms with E-state index in [-0.39, 0.29) is 54.3 Å². The third-order valence-electron chi connectivity index (χ3n) is 6.98. The Hall–Kier alpha value is -3.44. The van der Waals surface area contributed by atoms with Gasteiger partial charge in [-0.15, -0.1) is 0 Å². The number of halogens is 3. The van der Waals surface area contributed by atoms with E-state index in [0.29, 0.717) is 6.54 Å². The topological polar surface area (TPSA) is 106 Å². The van der Waals surface area contributed by atoms with Gasteiger partial charge in [0.25, 0.3) is 0 Å². The van der Waals surface area contributed by atoms with E-state index in [4.69, 9.17) is 14.2 Å². The molecule has 4 rings (SSSR count). The quantitative estimate of drug-likeness (QED) is 0.195. The minimum atomic E-state index is -1.06. The lowest BCUT2D eigenvalue weighted by molar-refractivity contribution is -0.142. The highest BCUT2D eigenvalue weighted by Gasteiger charge is 2.56. The highest BCUT2D eigenvalue weighted by molar-refractivity contribution is 5.86. The van der Waals surface area contributed by atoms with Crippen molar-refractivity contribution in [2.24, 2.45) is 5.41 Å². The first-order valence-electron chi connectivity index (χ1n) is 13.0. The van der Waals surface area contributed by atoms with Crippen LogP contribution in [0.3, 0.4) is 0 Å². The fraction of sp³-hybridized carbons (Fsp3) is 0.593. The van der Waals surface area contributed by atoms with E-state index in [1.54, 1.807) is 32.6 Å². The number of esters is 1. The Kier molecular flexibility index (Phi) is 8.04. The summed E-state index contributed by atoms with van der Waals surface area (Å²) in [5.41, 5.74) is -1.92. The van der Waals surface area contributed by atoms with E-state index in [9.17, 15) is 18.8 Å². The maximum absolute atomic E-state index is 15.4. The first kappa shape index (κ1) is 28.6. The first-order chi connectivity index (χ1) is 18.4. The molecule has 3 atom stereocenters. The van der Waals surface area contributed by atoms with Gasteiger partial charge in [-0.05, 0) is 46.6 Å². The summed E-state index contributed by atoms with van der Waals surface area (Å²) in [6, 6.07) is -0.0383. The van der Waals surface area contributed by atoms with E-state index in [1.807, 2.05) is 0 Å². The summed E-state index contributed by atoms with van der Waals surface area (Å²) in [5, 5.41) is 5.57. The van der Waals surface area contributed by atoms with Crippen LogP contribution in [-0.2, 0) is 25.6 Å². The van der Waals surface area contributed by atoms with Crippen LogP contribution in [0.1, 0.15) is 62.9 Å². The molecule has 1 aromatic carbocycles. The molecule has 1 saturated heterocycles. The first-order valence-corrected chi connectivity index (χ1v) is 13.0. The van der Waals surface area contributed by atoms with Gasteiger partial charge in [-0.2, -0.15) is 0 Å². The Bertz CT molecular complexity index is 1160. The van der Waals surface area contributed by atoms with Crippen LogP contribution in [0.15, 0.2) is 18.0 Å². The van der Waals surface area contributed by atoms with E-state index in [1.165, 1.54) is 0 Å².